The Kier molecular flexibility index (Phi) is 9.01. The van der Waals surface area contributed by atoms with Crippen molar-refractivity contribution >= 4 is 0 Å². The second-order valence-corrected chi connectivity index (χ2v) is 5.78. The van der Waals surface area contributed by atoms with E-state index in [4.69, 9.17) is 14.2 Å². The average molecular weight is 345 g/mol. The van der Waals surface area contributed by atoms with Gasteiger partial charge < -0.3 is 24.6 Å². The Morgan fingerprint density at radius 2 is 1.72 bits per heavy atom. The van der Waals surface area contributed by atoms with Crippen LogP contribution < -0.4 is 10.1 Å². The number of hydrogen-bond acceptors (Lipinski definition) is 5. The normalized spacial score (nSPS) is 12.1. The lowest BCUT2D eigenvalue weighted by Crippen LogP contribution is -2.23. The van der Waals surface area contributed by atoms with Crippen molar-refractivity contribution < 1.29 is 19.3 Å². The van der Waals surface area contributed by atoms with E-state index in [2.05, 4.69) is 5.32 Å². The van der Waals surface area contributed by atoms with E-state index in [9.17, 15) is 5.11 Å². The highest BCUT2D eigenvalue weighted by Crippen LogP contribution is 2.12. The van der Waals surface area contributed by atoms with Crippen LogP contribution in [0.25, 0.3) is 0 Å². The molecule has 0 fully saturated rings. The number of hydrogen-bond donors (Lipinski definition) is 2. The van der Waals surface area contributed by atoms with Crippen LogP contribution in [0, 0.1) is 0 Å². The predicted octanol–water partition coefficient (Wildman–Crippen LogP) is 2.38. The Morgan fingerprint density at radius 3 is 2.44 bits per heavy atom. The number of aliphatic hydroxyl groups is 1. The summed E-state index contributed by atoms with van der Waals surface area (Å²) in [6.07, 6.45) is -0.654. The first-order valence-corrected chi connectivity index (χ1v) is 8.49. The fraction of sp³-hybridized carbons (Fsp3) is 0.400. The molecule has 0 aromatic heterocycles. The minimum absolute atomic E-state index is 0.209. The molecule has 136 valence electrons. The molecule has 1 atom stereocenters. The monoisotopic (exact) mass is 345 g/mol. The van der Waals surface area contributed by atoms with Crippen molar-refractivity contribution in [1.82, 2.24) is 5.32 Å². The van der Waals surface area contributed by atoms with E-state index < -0.39 is 6.10 Å². The van der Waals surface area contributed by atoms with Crippen LogP contribution in [-0.4, -0.2) is 44.7 Å². The maximum Gasteiger partial charge on any atom is 0.119 e. The molecule has 0 aliphatic carbocycles. The lowest BCUT2D eigenvalue weighted by molar-refractivity contribution is 0.00549. The highest BCUT2D eigenvalue weighted by atomic mass is 16.5. The van der Waals surface area contributed by atoms with Gasteiger partial charge in [0.05, 0.1) is 19.8 Å². The molecule has 25 heavy (non-hydrogen) atoms. The molecule has 0 aliphatic rings. The lowest BCUT2D eigenvalue weighted by Gasteiger charge is -2.13. The van der Waals surface area contributed by atoms with Gasteiger partial charge in [-0.15, -0.1) is 0 Å². The van der Waals surface area contributed by atoms with Crippen LogP contribution in [0.15, 0.2) is 54.6 Å². The van der Waals surface area contributed by atoms with Gasteiger partial charge in [-0.25, -0.2) is 0 Å². The number of benzene rings is 2. The molecule has 0 spiro atoms. The van der Waals surface area contributed by atoms with Crippen molar-refractivity contribution in [3.63, 3.8) is 0 Å². The topological polar surface area (TPSA) is 60.0 Å². The molecule has 2 rings (SSSR count). The van der Waals surface area contributed by atoms with E-state index in [-0.39, 0.29) is 13.2 Å². The number of rotatable bonds is 12. The van der Waals surface area contributed by atoms with Crippen molar-refractivity contribution in [2.45, 2.75) is 19.3 Å². The van der Waals surface area contributed by atoms with Gasteiger partial charge in [0.2, 0.25) is 0 Å². The fourth-order valence-corrected chi connectivity index (χ4v) is 2.24. The molecule has 2 N–H and O–H groups in total. The Morgan fingerprint density at radius 1 is 0.960 bits per heavy atom. The number of methoxy groups -OCH3 is 1. The van der Waals surface area contributed by atoms with E-state index in [0.29, 0.717) is 13.2 Å². The summed E-state index contributed by atoms with van der Waals surface area (Å²) in [4.78, 5) is 0. The van der Waals surface area contributed by atoms with E-state index in [0.717, 1.165) is 24.4 Å². The first kappa shape index (κ1) is 19.4. The molecule has 5 heteroatoms. The largest absolute Gasteiger partial charge is 0.491 e. The SMILES string of the molecule is COCCNCc1ccc(OCC(O)COCc2ccccc2)cc1. The van der Waals surface area contributed by atoms with Crippen molar-refractivity contribution in [2.75, 3.05) is 33.5 Å². The Hall–Kier alpha value is -1.92. The van der Waals surface area contributed by atoms with Gasteiger partial charge in [0.1, 0.15) is 18.5 Å². The second kappa shape index (κ2) is 11.6. The van der Waals surface area contributed by atoms with Crippen molar-refractivity contribution in [3.8, 4) is 5.75 Å². The van der Waals surface area contributed by atoms with E-state index in [1.807, 2.05) is 54.6 Å². The highest BCUT2D eigenvalue weighted by Gasteiger charge is 2.06. The summed E-state index contributed by atoms with van der Waals surface area (Å²) in [6, 6.07) is 17.7. The zero-order valence-electron chi connectivity index (χ0n) is 14.7. The van der Waals surface area contributed by atoms with Gasteiger partial charge in [-0.3, -0.25) is 0 Å². The summed E-state index contributed by atoms with van der Waals surface area (Å²) in [5.41, 5.74) is 2.26. The summed E-state index contributed by atoms with van der Waals surface area (Å²) in [5, 5.41) is 13.2. The van der Waals surface area contributed by atoms with Crippen LogP contribution in [0.2, 0.25) is 0 Å². The van der Waals surface area contributed by atoms with Gasteiger partial charge in [-0.2, -0.15) is 0 Å². The fourth-order valence-electron chi connectivity index (χ4n) is 2.24. The summed E-state index contributed by atoms with van der Waals surface area (Å²) < 4.78 is 16.1. The molecule has 0 saturated heterocycles. The van der Waals surface area contributed by atoms with Gasteiger partial charge in [0.15, 0.2) is 0 Å². The van der Waals surface area contributed by atoms with Crippen molar-refractivity contribution in [2.24, 2.45) is 0 Å². The number of nitrogens with one attached hydrogen (secondary N) is 1. The molecule has 1 unspecified atom stereocenters. The predicted molar refractivity (Wildman–Crippen MR) is 97.6 cm³/mol. The third-order valence-corrected chi connectivity index (χ3v) is 3.60. The van der Waals surface area contributed by atoms with Crippen molar-refractivity contribution in [1.29, 1.82) is 0 Å². The van der Waals surface area contributed by atoms with Gasteiger partial charge in [-0.05, 0) is 23.3 Å². The second-order valence-electron chi connectivity index (χ2n) is 5.78. The van der Waals surface area contributed by atoms with E-state index in [1.165, 1.54) is 5.56 Å². The van der Waals surface area contributed by atoms with Crippen LogP contribution >= 0.6 is 0 Å². The van der Waals surface area contributed by atoms with Gasteiger partial charge in [-0.1, -0.05) is 42.5 Å². The molecule has 0 saturated carbocycles. The van der Waals surface area contributed by atoms with Crippen LogP contribution in [0.3, 0.4) is 0 Å². The third-order valence-electron chi connectivity index (χ3n) is 3.60. The van der Waals surface area contributed by atoms with E-state index >= 15 is 0 Å². The molecule has 2 aromatic rings. The van der Waals surface area contributed by atoms with Crippen LogP contribution in [0.1, 0.15) is 11.1 Å². The smallest absolute Gasteiger partial charge is 0.119 e. The summed E-state index contributed by atoms with van der Waals surface area (Å²) >= 11 is 0. The summed E-state index contributed by atoms with van der Waals surface area (Å²) in [5.74, 6) is 0.739. The molecule has 0 amide bonds. The standard InChI is InChI=1S/C20H27NO4/c1-23-12-11-21-13-17-7-9-20(10-8-17)25-16-19(22)15-24-14-18-5-3-2-4-6-18/h2-10,19,21-22H,11-16H2,1H3. The quantitative estimate of drug-likeness (QED) is 0.579. The van der Waals surface area contributed by atoms with Crippen LogP contribution in [-0.2, 0) is 22.6 Å². The third kappa shape index (κ3) is 8.14. The summed E-state index contributed by atoms with van der Waals surface area (Å²) in [7, 11) is 1.69. The minimum Gasteiger partial charge on any atom is -0.491 e. The molecular weight excluding hydrogens is 318 g/mol. The molecule has 0 aliphatic heterocycles. The zero-order valence-corrected chi connectivity index (χ0v) is 14.7. The molecule has 2 aromatic carbocycles. The van der Waals surface area contributed by atoms with Gasteiger partial charge in [0, 0.05) is 20.2 Å². The minimum atomic E-state index is -0.654. The van der Waals surface area contributed by atoms with Crippen LogP contribution in [0.4, 0.5) is 0 Å². The Labute approximate surface area is 149 Å². The molecule has 0 heterocycles. The van der Waals surface area contributed by atoms with Gasteiger partial charge >= 0.3 is 0 Å². The average Bonchev–Trinajstić information content (AvgIpc) is 2.65. The molecule has 0 bridgehead atoms. The zero-order chi connectivity index (χ0) is 17.7. The summed E-state index contributed by atoms with van der Waals surface area (Å²) in [6.45, 7) is 3.26. The Bertz CT molecular complexity index is 574. The van der Waals surface area contributed by atoms with Gasteiger partial charge in [0.25, 0.3) is 0 Å². The number of ether oxygens (including phenoxy) is 3. The molecule has 5 nitrogen and oxygen atoms in total. The Balaban J connectivity index is 1.61. The number of aliphatic hydroxyl groups excluding tert-OH is 1. The molecular formula is C20H27NO4. The van der Waals surface area contributed by atoms with Crippen molar-refractivity contribution in [3.05, 3.63) is 65.7 Å². The maximum absolute atomic E-state index is 9.94. The maximum atomic E-state index is 9.94. The first-order chi connectivity index (χ1) is 12.3. The molecule has 0 radical (unpaired) electrons. The van der Waals surface area contributed by atoms with E-state index in [1.54, 1.807) is 7.11 Å². The lowest BCUT2D eigenvalue weighted by atomic mass is 10.2. The first-order valence-electron chi connectivity index (χ1n) is 8.49. The van der Waals surface area contributed by atoms with Crippen LogP contribution in [0.5, 0.6) is 5.75 Å². The highest BCUT2D eigenvalue weighted by molar-refractivity contribution is 5.27.